The van der Waals surface area contributed by atoms with Crippen molar-refractivity contribution in [2.45, 2.75) is 116 Å². The number of nitrogens with one attached hydrogen (secondary N) is 1. The van der Waals surface area contributed by atoms with Crippen LogP contribution in [-0.2, 0) is 14.3 Å². The van der Waals surface area contributed by atoms with Crippen molar-refractivity contribution in [3.8, 4) is 0 Å². The Bertz CT molecular complexity index is 396. The fourth-order valence-corrected chi connectivity index (χ4v) is 3.20. The summed E-state index contributed by atoms with van der Waals surface area (Å²) in [5.41, 5.74) is -0.688. The second-order valence-corrected chi connectivity index (χ2v) is 7.97. The van der Waals surface area contributed by atoms with Crippen LogP contribution in [0.15, 0.2) is 0 Å². The maximum atomic E-state index is 12.2. The Morgan fingerprint density at radius 2 is 1.67 bits per heavy atom. The normalized spacial score (nSPS) is 14.6. The highest BCUT2D eigenvalue weighted by atomic mass is 16.5. The van der Waals surface area contributed by atoms with Crippen LogP contribution < -0.4 is 5.32 Å². The molecular formula is C22H43NO4. The average Bonchev–Trinajstić information content (AvgIpc) is 2.60. The van der Waals surface area contributed by atoms with Gasteiger partial charge in [0, 0.05) is 6.42 Å². The summed E-state index contributed by atoms with van der Waals surface area (Å²) in [5.74, 6) is 0.0339. The molecule has 0 amide bonds. The van der Waals surface area contributed by atoms with Crippen molar-refractivity contribution >= 4 is 11.8 Å². The summed E-state index contributed by atoms with van der Waals surface area (Å²) in [6, 6.07) is -0.311. The number of Topliss-reactive ketones (excluding diaryl/α,β-unsaturated/α-hetero) is 1. The highest BCUT2D eigenvalue weighted by Gasteiger charge is 2.23. The number of ether oxygens (including phenoxy) is 1. The Hall–Kier alpha value is -0.940. The fourth-order valence-electron chi connectivity index (χ4n) is 3.20. The van der Waals surface area contributed by atoms with Crippen molar-refractivity contribution in [3.63, 3.8) is 0 Å². The van der Waals surface area contributed by atoms with Crippen molar-refractivity contribution in [1.29, 1.82) is 0 Å². The first-order valence-corrected chi connectivity index (χ1v) is 10.9. The summed E-state index contributed by atoms with van der Waals surface area (Å²) < 4.78 is 5.18. The smallest absolute Gasteiger partial charge is 0.323 e. The van der Waals surface area contributed by atoms with Crippen LogP contribution in [0.1, 0.15) is 105 Å². The molecule has 0 aliphatic carbocycles. The van der Waals surface area contributed by atoms with E-state index in [1.807, 2.05) is 13.8 Å². The van der Waals surface area contributed by atoms with E-state index in [4.69, 9.17) is 4.74 Å². The van der Waals surface area contributed by atoms with Gasteiger partial charge in [-0.15, -0.1) is 0 Å². The molecule has 0 aromatic carbocycles. The fraction of sp³-hybridized carbons (Fsp3) is 0.909. The molecule has 27 heavy (non-hydrogen) atoms. The van der Waals surface area contributed by atoms with Crippen LogP contribution in [0.3, 0.4) is 0 Å². The van der Waals surface area contributed by atoms with E-state index < -0.39 is 5.60 Å². The molecule has 0 aromatic heterocycles. The van der Waals surface area contributed by atoms with E-state index in [2.05, 4.69) is 12.2 Å². The lowest BCUT2D eigenvalue weighted by atomic mass is 9.94. The van der Waals surface area contributed by atoms with E-state index in [-0.39, 0.29) is 17.8 Å². The molecule has 160 valence electrons. The second kappa shape index (κ2) is 16.1. The van der Waals surface area contributed by atoms with Gasteiger partial charge in [-0.25, -0.2) is 0 Å². The van der Waals surface area contributed by atoms with E-state index in [1.54, 1.807) is 6.92 Å². The topological polar surface area (TPSA) is 75.6 Å². The summed E-state index contributed by atoms with van der Waals surface area (Å²) in [6.07, 6.45) is 11.3. The molecule has 0 saturated heterocycles. The van der Waals surface area contributed by atoms with E-state index in [0.717, 1.165) is 51.4 Å². The monoisotopic (exact) mass is 385 g/mol. The van der Waals surface area contributed by atoms with Crippen molar-refractivity contribution in [3.05, 3.63) is 0 Å². The Kier molecular flexibility index (Phi) is 15.5. The summed E-state index contributed by atoms with van der Waals surface area (Å²) in [5, 5.41) is 13.8. The summed E-state index contributed by atoms with van der Waals surface area (Å²) in [4.78, 5) is 23.1. The second-order valence-electron chi connectivity index (χ2n) is 7.97. The molecular weight excluding hydrogens is 342 g/mol. The standard InChI is InChI=1S/C22H43NO4/c1-5-7-8-13-16-22(4,26)17-18-23-20(21(25)27-6-2)15-12-10-9-11-14-19(3)24/h20,23,26H,5-18H2,1-4H3. The lowest BCUT2D eigenvalue weighted by molar-refractivity contribution is -0.146. The molecule has 0 aliphatic heterocycles. The van der Waals surface area contributed by atoms with Gasteiger partial charge in [0.05, 0.1) is 12.2 Å². The minimum atomic E-state index is -0.688. The van der Waals surface area contributed by atoms with Gasteiger partial charge < -0.3 is 20.0 Å². The zero-order valence-corrected chi connectivity index (χ0v) is 18.1. The minimum Gasteiger partial charge on any atom is -0.465 e. The first-order chi connectivity index (χ1) is 12.8. The lowest BCUT2D eigenvalue weighted by Gasteiger charge is -2.25. The molecule has 0 bridgehead atoms. The van der Waals surface area contributed by atoms with E-state index in [1.165, 1.54) is 12.8 Å². The first kappa shape index (κ1) is 26.1. The number of aliphatic hydroxyl groups is 1. The highest BCUT2D eigenvalue weighted by Crippen LogP contribution is 2.19. The number of hydrogen-bond acceptors (Lipinski definition) is 5. The third-order valence-corrected chi connectivity index (χ3v) is 4.97. The van der Waals surface area contributed by atoms with Gasteiger partial charge in [-0.3, -0.25) is 4.79 Å². The number of hydrogen-bond donors (Lipinski definition) is 2. The van der Waals surface area contributed by atoms with Gasteiger partial charge in [-0.05, 0) is 53.0 Å². The molecule has 0 spiro atoms. The molecule has 0 aromatic rings. The van der Waals surface area contributed by atoms with Crippen molar-refractivity contribution in [2.24, 2.45) is 0 Å². The zero-order chi connectivity index (χ0) is 20.5. The van der Waals surface area contributed by atoms with Crippen molar-refractivity contribution in [1.82, 2.24) is 5.32 Å². The predicted molar refractivity (Wildman–Crippen MR) is 111 cm³/mol. The minimum absolute atomic E-state index is 0.205. The average molecular weight is 386 g/mol. The van der Waals surface area contributed by atoms with Crippen LogP contribution in [0.2, 0.25) is 0 Å². The summed E-state index contributed by atoms with van der Waals surface area (Å²) in [6.45, 7) is 8.49. The quantitative estimate of drug-likeness (QED) is 0.267. The molecule has 0 rings (SSSR count). The van der Waals surface area contributed by atoms with Gasteiger partial charge in [0.1, 0.15) is 11.8 Å². The lowest BCUT2D eigenvalue weighted by Crippen LogP contribution is -2.41. The van der Waals surface area contributed by atoms with E-state index in [9.17, 15) is 14.7 Å². The number of esters is 1. The Morgan fingerprint density at radius 3 is 2.30 bits per heavy atom. The number of ketones is 1. The molecule has 5 heteroatoms. The first-order valence-electron chi connectivity index (χ1n) is 10.9. The molecule has 0 aliphatic rings. The van der Waals surface area contributed by atoms with Crippen LogP contribution in [0.4, 0.5) is 0 Å². The molecule has 5 nitrogen and oxygen atoms in total. The maximum absolute atomic E-state index is 12.2. The highest BCUT2D eigenvalue weighted by molar-refractivity contribution is 5.75. The van der Waals surface area contributed by atoms with Gasteiger partial charge in [0.2, 0.25) is 0 Å². The van der Waals surface area contributed by atoms with Crippen molar-refractivity contribution in [2.75, 3.05) is 13.2 Å². The molecule has 0 fully saturated rings. The van der Waals surface area contributed by atoms with Gasteiger partial charge in [0.15, 0.2) is 0 Å². The van der Waals surface area contributed by atoms with Crippen LogP contribution in [-0.4, -0.2) is 41.7 Å². The van der Waals surface area contributed by atoms with Crippen molar-refractivity contribution < 1.29 is 19.4 Å². The van der Waals surface area contributed by atoms with E-state index >= 15 is 0 Å². The van der Waals surface area contributed by atoms with Crippen LogP contribution in [0, 0.1) is 0 Å². The number of carbonyl (C=O) groups is 2. The van der Waals surface area contributed by atoms with Gasteiger partial charge in [0.25, 0.3) is 0 Å². The molecule has 0 heterocycles. The number of carbonyl (C=O) groups excluding carboxylic acids is 2. The molecule has 2 atom stereocenters. The van der Waals surface area contributed by atoms with Gasteiger partial charge in [-0.2, -0.15) is 0 Å². The Morgan fingerprint density at radius 1 is 1.00 bits per heavy atom. The number of unbranched alkanes of at least 4 members (excludes halogenated alkanes) is 6. The van der Waals surface area contributed by atoms with Crippen LogP contribution in [0.25, 0.3) is 0 Å². The Labute approximate surface area is 166 Å². The molecule has 2 N–H and O–H groups in total. The number of rotatable bonds is 18. The van der Waals surface area contributed by atoms with Crippen LogP contribution >= 0.6 is 0 Å². The zero-order valence-electron chi connectivity index (χ0n) is 18.1. The molecule has 2 unspecified atom stereocenters. The van der Waals surface area contributed by atoms with Crippen LogP contribution in [0.5, 0.6) is 0 Å². The molecule has 0 saturated carbocycles. The Balaban J connectivity index is 4.17. The summed E-state index contributed by atoms with van der Waals surface area (Å²) >= 11 is 0. The predicted octanol–water partition coefficient (Wildman–Crippen LogP) is 4.55. The largest absolute Gasteiger partial charge is 0.465 e. The third-order valence-electron chi connectivity index (χ3n) is 4.97. The third kappa shape index (κ3) is 15.8. The van der Waals surface area contributed by atoms with Gasteiger partial charge >= 0.3 is 5.97 Å². The SMILES string of the molecule is CCCCCCC(C)(O)CCNC(CCCCCCC(C)=O)C(=O)OCC. The molecule has 0 radical (unpaired) electrons. The maximum Gasteiger partial charge on any atom is 0.323 e. The van der Waals surface area contributed by atoms with E-state index in [0.29, 0.717) is 26.0 Å². The van der Waals surface area contributed by atoms with Gasteiger partial charge in [-0.1, -0.05) is 51.9 Å². The summed E-state index contributed by atoms with van der Waals surface area (Å²) in [7, 11) is 0.